The highest BCUT2D eigenvalue weighted by Gasteiger charge is 2.30. The predicted molar refractivity (Wildman–Crippen MR) is 101 cm³/mol. The lowest BCUT2D eigenvalue weighted by molar-refractivity contribution is -0.384. The molecule has 0 bridgehead atoms. The topological polar surface area (TPSA) is 110 Å². The molecule has 11 heteroatoms. The largest absolute Gasteiger partial charge is 0.369 e. The van der Waals surface area contributed by atoms with E-state index < -0.39 is 14.9 Å². The molecule has 9 nitrogen and oxygen atoms in total. The number of nitro benzene ring substituents is 1. The molecule has 0 aliphatic carbocycles. The van der Waals surface area contributed by atoms with E-state index in [1.54, 1.807) is 30.3 Å². The molecule has 2 heterocycles. The van der Waals surface area contributed by atoms with Gasteiger partial charge in [0, 0.05) is 44.0 Å². The Balaban J connectivity index is 1.51. The molecule has 140 valence electrons. The van der Waals surface area contributed by atoms with Gasteiger partial charge in [-0.3, -0.25) is 10.1 Å². The Morgan fingerprint density at radius 3 is 2.37 bits per heavy atom. The van der Waals surface area contributed by atoms with E-state index in [1.807, 2.05) is 4.90 Å². The van der Waals surface area contributed by atoms with Gasteiger partial charge in [-0.25, -0.2) is 8.42 Å². The summed E-state index contributed by atoms with van der Waals surface area (Å²) in [5, 5.41) is 10.8. The van der Waals surface area contributed by atoms with Crippen LogP contribution in [0.1, 0.15) is 0 Å². The van der Waals surface area contributed by atoms with Crippen LogP contribution in [-0.2, 0) is 10.0 Å². The number of aromatic nitrogens is 2. The molecule has 2 aromatic carbocycles. The fourth-order valence-electron chi connectivity index (χ4n) is 3.10. The Labute approximate surface area is 159 Å². The lowest BCUT2D eigenvalue weighted by atomic mass is 10.2. The van der Waals surface area contributed by atoms with Crippen molar-refractivity contribution in [3.63, 3.8) is 0 Å². The van der Waals surface area contributed by atoms with Gasteiger partial charge in [0.1, 0.15) is 15.9 Å². The maximum Gasteiger partial charge on any atom is 0.269 e. The smallest absolute Gasteiger partial charge is 0.269 e. The molecule has 0 atom stereocenters. The van der Waals surface area contributed by atoms with Crippen LogP contribution in [-0.4, -0.2) is 52.6 Å². The van der Waals surface area contributed by atoms with Gasteiger partial charge in [-0.15, -0.1) is 0 Å². The maximum atomic E-state index is 13.0. The van der Waals surface area contributed by atoms with Gasteiger partial charge in [-0.2, -0.15) is 13.1 Å². The van der Waals surface area contributed by atoms with Crippen molar-refractivity contribution >= 4 is 44.2 Å². The van der Waals surface area contributed by atoms with Gasteiger partial charge >= 0.3 is 0 Å². The van der Waals surface area contributed by atoms with Gasteiger partial charge in [0.2, 0.25) is 10.0 Å². The fourth-order valence-corrected chi connectivity index (χ4v) is 5.28. The summed E-state index contributed by atoms with van der Waals surface area (Å²) in [4.78, 5) is 12.5. The van der Waals surface area contributed by atoms with Crippen LogP contribution in [0.3, 0.4) is 0 Å². The van der Waals surface area contributed by atoms with Gasteiger partial charge in [-0.1, -0.05) is 6.07 Å². The Kier molecular flexibility index (Phi) is 4.50. The normalized spacial score (nSPS) is 15.9. The van der Waals surface area contributed by atoms with Crippen molar-refractivity contribution in [2.75, 3.05) is 31.1 Å². The Hall–Kier alpha value is -2.63. The quantitative estimate of drug-likeness (QED) is 0.483. The van der Waals surface area contributed by atoms with Crippen LogP contribution >= 0.6 is 11.7 Å². The maximum absolute atomic E-state index is 13.0. The van der Waals surface area contributed by atoms with Gasteiger partial charge in [0.15, 0.2) is 0 Å². The van der Waals surface area contributed by atoms with Crippen molar-refractivity contribution in [2.24, 2.45) is 0 Å². The van der Waals surface area contributed by atoms with E-state index in [-0.39, 0.29) is 10.6 Å². The number of anilines is 1. The summed E-state index contributed by atoms with van der Waals surface area (Å²) in [5.41, 5.74) is 1.85. The molecular formula is C16H15N5O4S2. The lowest BCUT2D eigenvalue weighted by Crippen LogP contribution is -2.48. The average Bonchev–Trinajstić information content (AvgIpc) is 3.17. The number of fused-ring (bicyclic) bond motifs is 1. The molecule has 0 spiro atoms. The van der Waals surface area contributed by atoms with Crippen LogP contribution in [0.4, 0.5) is 11.4 Å². The fraction of sp³-hybridized carbons (Fsp3) is 0.250. The van der Waals surface area contributed by atoms with Crippen molar-refractivity contribution in [1.82, 2.24) is 13.1 Å². The molecule has 0 unspecified atom stereocenters. The number of non-ortho nitro benzene ring substituents is 1. The third-order valence-electron chi connectivity index (χ3n) is 4.53. The highest BCUT2D eigenvalue weighted by atomic mass is 32.2. The predicted octanol–water partition coefficient (Wildman–Crippen LogP) is 2.11. The van der Waals surface area contributed by atoms with Crippen molar-refractivity contribution in [3.05, 3.63) is 52.6 Å². The first-order chi connectivity index (χ1) is 13.0. The molecule has 1 aliphatic heterocycles. The third-order valence-corrected chi connectivity index (χ3v) is 7.00. The standard InChI is InChI=1S/C16H15N5O4S2/c22-21(23)13-6-4-12(5-7-13)19-8-10-20(11-9-19)27(24,25)15-3-1-2-14-16(15)18-26-17-14/h1-7H,8-11H2. The van der Waals surface area contributed by atoms with Crippen LogP contribution in [0.5, 0.6) is 0 Å². The Bertz CT molecular complexity index is 1090. The highest BCUT2D eigenvalue weighted by molar-refractivity contribution is 7.89. The van der Waals surface area contributed by atoms with Gasteiger partial charge < -0.3 is 4.90 Å². The first kappa shape index (κ1) is 17.8. The second kappa shape index (κ2) is 6.83. The lowest BCUT2D eigenvalue weighted by Gasteiger charge is -2.35. The van der Waals surface area contributed by atoms with E-state index in [9.17, 15) is 18.5 Å². The second-order valence-electron chi connectivity index (χ2n) is 6.05. The molecule has 1 fully saturated rings. The second-order valence-corrected chi connectivity index (χ2v) is 8.49. The van der Waals surface area contributed by atoms with Crippen molar-refractivity contribution < 1.29 is 13.3 Å². The number of benzene rings is 2. The zero-order valence-electron chi connectivity index (χ0n) is 14.1. The molecule has 1 aromatic heterocycles. The van der Waals surface area contributed by atoms with E-state index in [0.29, 0.717) is 37.2 Å². The van der Waals surface area contributed by atoms with Crippen molar-refractivity contribution in [2.45, 2.75) is 4.90 Å². The van der Waals surface area contributed by atoms with E-state index in [0.717, 1.165) is 17.4 Å². The zero-order valence-corrected chi connectivity index (χ0v) is 15.7. The number of sulfonamides is 1. The summed E-state index contributed by atoms with van der Waals surface area (Å²) >= 11 is 0.991. The zero-order chi connectivity index (χ0) is 19.0. The first-order valence-corrected chi connectivity index (χ1v) is 10.3. The number of piperazine rings is 1. The molecule has 0 saturated carbocycles. The molecule has 0 amide bonds. The van der Waals surface area contributed by atoms with E-state index in [4.69, 9.17) is 0 Å². The van der Waals surface area contributed by atoms with Crippen molar-refractivity contribution in [1.29, 1.82) is 0 Å². The van der Waals surface area contributed by atoms with Crippen LogP contribution in [0.15, 0.2) is 47.4 Å². The summed E-state index contributed by atoms with van der Waals surface area (Å²) < 4.78 is 35.7. The average molecular weight is 405 g/mol. The minimum absolute atomic E-state index is 0.0323. The van der Waals surface area contributed by atoms with Crippen LogP contribution in [0, 0.1) is 10.1 Å². The molecule has 27 heavy (non-hydrogen) atoms. The first-order valence-electron chi connectivity index (χ1n) is 8.18. The van der Waals surface area contributed by atoms with Gasteiger partial charge in [-0.05, 0) is 24.3 Å². The van der Waals surface area contributed by atoms with E-state index >= 15 is 0 Å². The minimum Gasteiger partial charge on any atom is -0.369 e. The molecule has 1 saturated heterocycles. The number of nitrogens with zero attached hydrogens (tertiary/aromatic N) is 5. The van der Waals surface area contributed by atoms with Crippen LogP contribution in [0.25, 0.3) is 11.0 Å². The number of rotatable bonds is 4. The summed E-state index contributed by atoms with van der Waals surface area (Å²) in [6.07, 6.45) is 0. The Morgan fingerprint density at radius 2 is 1.70 bits per heavy atom. The number of hydrogen-bond acceptors (Lipinski definition) is 8. The highest BCUT2D eigenvalue weighted by Crippen LogP contribution is 2.26. The summed E-state index contributed by atoms with van der Waals surface area (Å²) in [5.74, 6) is 0. The van der Waals surface area contributed by atoms with Gasteiger partial charge in [0.25, 0.3) is 5.69 Å². The van der Waals surface area contributed by atoms with Crippen LogP contribution in [0.2, 0.25) is 0 Å². The summed E-state index contributed by atoms with van der Waals surface area (Å²) in [6, 6.07) is 11.2. The van der Waals surface area contributed by atoms with E-state index in [2.05, 4.69) is 8.75 Å². The number of hydrogen-bond donors (Lipinski definition) is 0. The monoisotopic (exact) mass is 405 g/mol. The number of nitro groups is 1. The SMILES string of the molecule is O=[N+]([O-])c1ccc(N2CCN(S(=O)(=O)c3cccc4nsnc34)CC2)cc1. The third kappa shape index (κ3) is 3.24. The molecule has 3 aromatic rings. The van der Waals surface area contributed by atoms with Crippen LogP contribution < -0.4 is 4.90 Å². The molecule has 0 N–H and O–H groups in total. The van der Waals surface area contributed by atoms with E-state index in [1.165, 1.54) is 16.4 Å². The Morgan fingerprint density at radius 1 is 1.00 bits per heavy atom. The summed E-state index contributed by atoms with van der Waals surface area (Å²) in [6.45, 7) is 1.66. The molecule has 0 radical (unpaired) electrons. The molecular weight excluding hydrogens is 390 g/mol. The van der Waals surface area contributed by atoms with Crippen molar-refractivity contribution in [3.8, 4) is 0 Å². The molecule has 1 aliphatic rings. The molecule has 4 rings (SSSR count). The summed E-state index contributed by atoms with van der Waals surface area (Å²) in [7, 11) is -3.66. The van der Waals surface area contributed by atoms with Gasteiger partial charge in [0.05, 0.1) is 16.7 Å². The minimum atomic E-state index is -3.66.